The number of hydrogen-bond acceptors (Lipinski definition) is 5. The second kappa shape index (κ2) is 11.6. The summed E-state index contributed by atoms with van der Waals surface area (Å²) in [4.78, 5) is 16.1. The second-order valence-corrected chi connectivity index (χ2v) is 5.65. The number of hydrogen-bond donors (Lipinski definition) is 2. The molecule has 1 aromatic heterocycles. The number of pyridine rings is 1. The number of methoxy groups -OCH3 is 1. The van der Waals surface area contributed by atoms with E-state index in [1.807, 2.05) is 19.1 Å². The number of benzene rings is 1. The van der Waals surface area contributed by atoms with Crippen molar-refractivity contribution < 1.29 is 14.3 Å². The van der Waals surface area contributed by atoms with Crippen molar-refractivity contribution in [2.75, 3.05) is 12.4 Å². The molecule has 0 aliphatic rings. The Labute approximate surface area is 166 Å². The lowest BCUT2D eigenvalue weighted by Crippen LogP contribution is -2.34. The van der Waals surface area contributed by atoms with Gasteiger partial charge in [-0.25, -0.2) is 0 Å². The van der Waals surface area contributed by atoms with Crippen LogP contribution >= 0.6 is 24.8 Å². The van der Waals surface area contributed by atoms with Crippen LogP contribution in [0.25, 0.3) is 0 Å². The Morgan fingerprint density at radius 1 is 1.15 bits per heavy atom. The fourth-order valence-corrected chi connectivity index (χ4v) is 2.00. The number of amides is 1. The van der Waals surface area contributed by atoms with Crippen molar-refractivity contribution in [3.8, 4) is 11.5 Å². The maximum Gasteiger partial charge on any atom is 0.228 e. The van der Waals surface area contributed by atoms with Crippen molar-refractivity contribution in [3.05, 3.63) is 48.3 Å². The number of carbonyl (C=O) groups excluding carboxylic acids is 1. The Kier molecular flexibility index (Phi) is 10.7. The molecule has 0 saturated heterocycles. The number of nitrogens with zero attached hydrogens (tertiary/aromatic N) is 1. The summed E-state index contributed by atoms with van der Waals surface area (Å²) in [7, 11) is 1.57. The number of ether oxygens (including phenoxy) is 2. The number of nitrogens with one attached hydrogen (secondary N) is 1. The molecule has 2 aromatic rings. The van der Waals surface area contributed by atoms with Crippen LogP contribution in [-0.2, 0) is 11.4 Å². The third-order valence-electron chi connectivity index (χ3n) is 3.78. The van der Waals surface area contributed by atoms with E-state index in [4.69, 9.17) is 15.2 Å². The van der Waals surface area contributed by atoms with Crippen LogP contribution in [-0.4, -0.2) is 24.0 Å². The van der Waals surface area contributed by atoms with Gasteiger partial charge in [-0.15, -0.1) is 24.8 Å². The first-order valence-corrected chi connectivity index (χ1v) is 7.77. The van der Waals surface area contributed by atoms with Gasteiger partial charge in [0.2, 0.25) is 5.91 Å². The van der Waals surface area contributed by atoms with Crippen LogP contribution in [0.3, 0.4) is 0 Å². The first-order chi connectivity index (χ1) is 11.5. The van der Waals surface area contributed by atoms with E-state index >= 15 is 0 Å². The van der Waals surface area contributed by atoms with E-state index in [0.29, 0.717) is 23.8 Å². The number of nitrogens with two attached hydrogens (primary N) is 1. The van der Waals surface area contributed by atoms with Gasteiger partial charge in [-0.1, -0.05) is 6.92 Å². The van der Waals surface area contributed by atoms with Gasteiger partial charge >= 0.3 is 0 Å². The highest BCUT2D eigenvalue weighted by atomic mass is 35.5. The quantitative estimate of drug-likeness (QED) is 0.741. The molecule has 3 N–H and O–H groups in total. The highest BCUT2D eigenvalue weighted by molar-refractivity contribution is 5.93. The monoisotopic (exact) mass is 401 g/mol. The zero-order chi connectivity index (χ0) is 17.5. The summed E-state index contributed by atoms with van der Waals surface area (Å²) in [5, 5.41) is 2.85. The predicted molar refractivity (Wildman–Crippen MR) is 108 cm³/mol. The highest BCUT2D eigenvalue weighted by Crippen LogP contribution is 2.31. The Balaban J connectivity index is 0.00000312. The highest BCUT2D eigenvalue weighted by Gasteiger charge is 2.17. The van der Waals surface area contributed by atoms with Crippen LogP contribution in [0.4, 0.5) is 5.69 Å². The first-order valence-electron chi connectivity index (χ1n) is 7.77. The van der Waals surface area contributed by atoms with Crippen molar-refractivity contribution in [2.45, 2.75) is 26.5 Å². The lowest BCUT2D eigenvalue weighted by atomic mass is 10.0. The van der Waals surface area contributed by atoms with Gasteiger partial charge in [-0.3, -0.25) is 9.78 Å². The van der Waals surface area contributed by atoms with Crippen LogP contribution in [0, 0.1) is 5.92 Å². The molecule has 6 nitrogen and oxygen atoms in total. The molecule has 8 heteroatoms. The molecule has 0 fully saturated rings. The molecule has 1 aromatic carbocycles. The van der Waals surface area contributed by atoms with Crippen molar-refractivity contribution >= 4 is 36.4 Å². The molecule has 0 bridgehead atoms. The topological polar surface area (TPSA) is 86.5 Å². The van der Waals surface area contributed by atoms with E-state index < -0.39 is 0 Å². The van der Waals surface area contributed by atoms with Gasteiger partial charge in [0.15, 0.2) is 11.5 Å². The molecule has 2 atom stereocenters. The van der Waals surface area contributed by atoms with Gasteiger partial charge < -0.3 is 20.5 Å². The van der Waals surface area contributed by atoms with Crippen LogP contribution in [0.15, 0.2) is 42.7 Å². The Morgan fingerprint density at radius 2 is 1.81 bits per heavy atom. The minimum atomic E-state index is -0.284. The van der Waals surface area contributed by atoms with Crippen LogP contribution in [0.5, 0.6) is 11.5 Å². The average Bonchev–Trinajstić information content (AvgIpc) is 2.60. The van der Waals surface area contributed by atoms with E-state index in [1.165, 1.54) is 0 Å². The van der Waals surface area contributed by atoms with Crippen LogP contribution in [0.2, 0.25) is 0 Å². The molecule has 0 radical (unpaired) electrons. The van der Waals surface area contributed by atoms with Crippen LogP contribution in [0.1, 0.15) is 19.4 Å². The summed E-state index contributed by atoms with van der Waals surface area (Å²) < 4.78 is 11.1. The smallest absolute Gasteiger partial charge is 0.228 e. The molecule has 1 amide bonds. The van der Waals surface area contributed by atoms with Gasteiger partial charge in [-0.05, 0) is 36.8 Å². The molecule has 1 heterocycles. The SMILES string of the molecule is COc1ccc(NC(=O)C(C)C(C)N)cc1OCc1ccncc1.Cl.Cl. The molecule has 0 aliphatic heterocycles. The van der Waals surface area contributed by atoms with Gasteiger partial charge in [0, 0.05) is 30.2 Å². The molecule has 0 aliphatic carbocycles. The molecule has 26 heavy (non-hydrogen) atoms. The van der Waals surface area contributed by atoms with Crippen LogP contribution < -0.4 is 20.5 Å². The maximum atomic E-state index is 12.1. The van der Waals surface area contributed by atoms with Crippen molar-refractivity contribution in [3.63, 3.8) is 0 Å². The number of halogens is 2. The van der Waals surface area contributed by atoms with E-state index in [2.05, 4.69) is 10.3 Å². The number of rotatable bonds is 7. The van der Waals surface area contributed by atoms with E-state index in [1.54, 1.807) is 44.6 Å². The number of aromatic nitrogens is 1. The average molecular weight is 402 g/mol. The minimum absolute atomic E-state index is 0. The summed E-state index contributed by atoms with van der Waals surface area (Å²) in [5.74, 6) is 0.742. The molecule has 0 spiro atoms. The summed E-state index contributed by atoms with van der Waals surface area (Å²) in [6.07, 6.45) is 3.42. The summed E-state index contributed by atoms with van der Waals surface area (Å²) in [6, 6.07) is 8.81. The molecular formula is C18H25Cl2N3O3. The normalized spacial score (nSPS) is 12.0. The first kappa shape index (κ1) is 24.0. The van der Waals surface area contributed by atoms with E-state index in [9.17, 15) is 4.79 Å². The van der Waals surface area contributed by atoms with Crippen molar-refractivity contribution in [1.82, 2.24) is 4.98 Å². The molecule has 144 valence electrons. The summed E-state index contributed by atoms with van der Waals surface area (Å²) in [5.41, 5.74) is 7.40. The summed E-state index contributed by atoms with van der Waals surface area (Å²) >= 11 is 0. The Morgan fingerprint density at radius 3 is 2.38 bits per heavy atom. The number of carbonyl (C=O) groups is 1. The lowest BCUT2D eigenvalue weighted by Gasteiger charge is -2.17. The van der Waals surface area contributed by atoms with Crippen molar-refractivity contribution in [1.29, 1.82) is 0 Å². The van der Waals surface area contributed by atoms with E-state index in [0.717, 1.165) is 5.56 Å². The second-order valence-electron chi connectivity index (χ2n) is 5.65. The Hall–Kier alpha value is -2.02. The molecule has 2 unspecified atom stereocenters. The van der Waals surface area contributed by atoms with Gasteiger partial charge in [0.1, 0.15) is 6.61 Å². The largest absolute Gasteiger partial charge is 0.493 e. The standard InChI is InChI=1S/C18H23N3O3.2ClH/c1-12(13(2)19)18(22)21-15-4-5-16(23-3)17(10-15)24-11-14-6-8-20-9-7-14;;/h4-10,12-13H,11,19H2,1-3H3,(H,21,22);2*1H. The third-order valence-corrected chi connectivity index (χ3v) is 3.78. The lowest BCUT2D eigenvalue weighted by molar-refractivity contribution is -0.119. The maximum absolute atomic E-state index is 12.1. The fraction of sp³-hybridized carbons (Fsp3) is 0.333. The zero-order valence-electron chi connectivity index (χ0n) is 15.0. The van der Waals surface area contributed by atoms with Crippen molar-refractivity contribution in [2.24, 2.45) is 11.7 Å². The Bertz CT molecular complexity index is 685. The van der Waals surface area contributed by atoms with Gasteiger partial charge in [0.25, 0.3) is 0 Å². The third kappa shape index (κ3) is 6.71. The molecule has 2 rings (SSSR count). The zero-order valence-corrected chi connectivity index (χ0v) is 16.6. The van der Waals surface area contributed by atoms with Gasteiger partial charge in [-0.2, -0.15) is 0 Å². The predicted octanol–water partition coefficient (Wildman–Crippen LogP) is 3.43. The molecule has 0 saturated carbocycles. The number of anilines is 1. The van der Waals surface area contributed by atoms with Gasteiger partial charge in [0.05, 0.1) is 13.0 Å². The molecular weight excluding hydrogens is 377 g/mol. The summed E-state index contributed by atoms with van der Waals surface area (Å²) in [6.45, 7) is 3.98. The van der Waals surface area contributed by atoms with E-state index in [-0.39, 0.29) is 42.7 Å². The minimum Gasteiger partial charge on any atom is -0.493 e. The fourth-order valence-electron chi connectivity index (χ4n) is 2.00.